The third-order valence-electron chi connectivity index (χ3n) is 3.32. The van der Waals surface area contributed by atoms with E-state index in [1.807, 2.05) is 36.7 Å². The number of aryl methyl sites for hydroxylation is 2. The van der Waals surface area contributed by atoms with E-state index in [0.717, 1.165) is 28.4 Å². The molecule has 1 heterocycles. The van der Waals surface area contributed by atoms with Crippen LogP contribution in [0.25, 0.3) is 0 Å². The zero-order valence-electron chi connectivity index (χ0n) is 11.9. The highest BCUT2D eigenvalue weighted by Crippen LogP contribution is 2.31. The minimum atomic E-state index is -0.205. The van der Waals surface area contributed by atoms with Crippen LogP contribution in [0, 0.1) is 6.92 Å². The fourth-order valence-electron chi connectivity index (χ4n) is 2.26. The molecule has 1 aromatic carbocycles. The van der Waals surface area contributed by atoms with Gasteiger partial charge in [-0.25, -0.2) is 5.43 Å². The molecule has 20 heavy (non-hydrogen) atoms. The monoisotopic (exact) mass is 294 g/mol. The molecule has 0 aliphatic carbocycles. The number of hydrogen-bond acceptors (Lipinski definition) is 4. The minimum Gasteiger partial charge on any atom is -0.493 e. The van der Waals surface area contributed by atoms with Gasteiger partial charge in [-0.05, 0) is 31.0 Å². The lowest BCUT2D eigenvalue weighted by Crippen LogP contribution is -2.31. The van der Waals surface area contributed by atoms with Crippen molar-refractivity contribution in [3.63, 3.8) is 0 Å². The van der Waals surface area contributed by atoms with Gasteiger partial charge in [0.2, 0.25) is 0 Å². The maximum Gasteiger partial charge on any atom is 0.161 e. The first-order valence-electron chi connectivity index (χ1n) is 6.44. The second-order valence-corrected chi connectivity index (χ2v) is 4.93. The van der Waals surface area contributed by atoms with Crippen molar-refractivity contribution in [3.8, 4) is 5.75 Å². The number of ether oxygens (including phenoxy) is 1. The number of hydrazine groups is 1. The molecule has 1 aromatic heterocycles. The van der Waals surface area contributed by atoms with Gasteiger partial charge < -0.3 is 4.74 Å². The summed E-state index contributed by atoms with van der Waals surface area (Å²) < 4.78 is 7.25. The van der Waals surface area contributed by atoms with E-state index in [2.05, 4.69) is 10.5 Å². The van der Waals surface area contributed by atoms with Crippen LogP contribution in [0.3, 0.4) is 0 Å². The van der Waals surface area contributed by atoms with Gasteiger partial charge in [-0.3, -0.25) is 10.5 Å². The summed E-state index contributed by atoms with van der Waals surface area (Å²) >= 11 is 6.08. The normalized spacial score (nSPS) is 12.4. The Morgan fingerprint density at radius 1 is 1.50 bits per heavy atom. The molecule has 108 valence electrons. The van der Waals surface area contributed by atoms with Gasteiger partial charge in [0.1, 0.15) is 5.69 Å². The zero-order valence-corrected chi connectivity index (χ0v) is 12.6. The molecular formula is C14H19ClN4O. The van der Waals surface area contributed by atoms with Crippen LogP contribution in [0.5, 0.6) is 5.75 Å². The summed E-state index contributed by atoms with van der Waals surface area (Å²) in [4.78, 5) is 0. The van der Waals surface area contributed by atoms with Gasteiger partial charge in [0.05, 0.1) is 19.3 Å². The number of aromatic nitrogens is 2. The van der Waals surface area contributed by atoms with Gasteiger partial charge in [0.15, 0.2) is 5.75 Å². The first-order valence-corrected chi connectivity index (χ1v) is 6.82. The molecule has 1 unspecified atom stereocenters. The minimum absolute atomic E-state index is 0.205. The quantitative estimate of drug-likeness (QED) is 0.656. The Kier molecular flexibility index (Phi) is 4.65. The Bertz CT molecular complexity index is 575. The summed E-state index contributed by atoms with van der Waals surface area (Å²) in [5, 5.41) is 5.05. The van der Waals surface area contributed by atoms with Gasteiger partial charge in [-0.2, -0.15) is 5.10 Å². The Labute approximate surface area is 123 Å². The maximum atomic E-state index is 6.08. The number of halogens is 1. The van der Waals surface area contributed by atoms with Crippen LogP contribution in [0.1, 0.15) is 29.8 Å². The number of benzene rings is 1. The first kappa shape index (κ1) is 14.8. The predicted molar refractivity (Wildman–Crippen MR) is 79.8 cm³/mol. The fourth-order valence-corrected chi connectivity index (χ4v) is 2.38. The summed E-state index contributed by atoms with van der Waals surface area (Å²) in [6.45, 7) is 4.73. The molecule has 0 amide bonds. The summed E-state index contributed by atoms with van der Waals surface area (Å²) in [5.74, 6) is 6.46. The van der Waals surface area contributed by atoms with E-state index in [0.29, 0.717) is 5.75 Å². The van der Waals surface area contributed by atoms with Crippen LogP contribution in [-0.4, -0.2) is 16.9 Å². The second kappa shape index (κ2) is 6.26. The molecule has 0 saturated heterocycles. The first-order chi connectivity index (χ1) is 9.62. The molecule has 2 rings (SSSR count). The third kappa shape index (κ3) is 2.65. The van der Waals surface area contributed by atoms with Crippen molar-refractivity contribution in [3.05, 3.63) is 46.2 Å². The van der Waals surface area contributed by atoms with E-state index in [1.165, 1.54) is 0 Å². The Hall–Kier alpha value is -1.56. The molecule has 1 atom stereocenters. The lowest BCUT2D eigenvalue weighted by Gasteiger charge is -2.19. The van der Waals surface area contributed by atoms with Crippen LogP contribution in [-0.2, 0) is 6.54 Å². The van der Waals surface area contributed by atoms with E-state index in [-0.39, 0.29) is 6.04 Å². The van der Waals surface area contributed by atoms with E-state index >= 15 is 0 Å². The highest BCUT2D eigenvalue weighted by molar-refractivity contribution is 6.31. The molecule has 0 aliphatic rings. The molecule has 0 bridgehead atoms. The van der Waals surface area contributed by atoms with Gasteiger partial charge >= 0.3 is 0 Å². The van der Waals surface area contributed by atoms with E-state index in [9.17, 15) is 0 Å². The van der Waals surface area contributed by atoms with Crippen molar-refractivity contribution in [2.24, 2.45) is 5.84 Å². The second-order valence-electron chi connectivity index (χ2n) is 4.52. The van der Waals surface area contributed by atoms with Crippen molar-refractivity contribution in [1.29, 1.82) is 0 Å². The summed E-state index contributed by atoms with van der Waals surface area (Å²) in [7, 11) is 1.63. The predicted octanol–water partition coefficient (Wildman–Crippen LogP) is 2.43. The van der Waals surface area contributed by atoms with Gasteiger partial charge in [-0.1, -0.05) is 23.7 Å². The van der Waals surface area contributed by atoms with E-state index in [1.54, 1.807) is 13.3 Å². The van der Waals surface area contributed by atoms with Crippen LogP contribution in [0.15, 0.2) is 24.4 Å². The summed E-state index contributed by atoms with van der Waals surface area (Å²) in [6, 6.07) is 5.63. The fraction of sp³-hybridized carbons (Fsp3) is 0.357. The molecule has 0 saturated carbocycles. The lowest BCUT2D eigenvalue weighted by molar-refractivity contribution is 0.399. The number of nitrogens with two attached hydrogens (primary N) is 1. The Balaban J connectivity index is 2.51. The molecule has 0 aliphatic heterocycles. The number of nitrogens with zero attached hydrogens (tertiary/aromatic N) is 2. The molecule has 0 spiro atoms. The average Bonchev–Trinajstić information content (AvgIpc) is 2.86. The summed E-state index contributed by atoms with van der Waals surface area (Å²) in [5.41, 5.74) is 5.76. The molecule has 6 heteroatoms. The maximum absolute atomic E-state index is 6.08. The van der Waals surface area contributed by atoms with Crippen molar-refractivity contribution >= 4 is 11.6 Å². The smallest absolute Gasteiger partial charge is 0.161 e. The SMILES string of the molecule is CCn1ncc(OC)c1C(NN)c1ccc(Cl)c(C)c1. The van der Waals surface area contributed by atoms with Crippen molar-refractivity contribution in [2.45, 2.75) is 26.4 Å². The third-order valence-corrected chi connectivity index (χ3v) is 3.74. The van der Waals surface area contributed by atoms with Gasteiger partial charge in [0.25, 0.3) is 0 Å². The van der Waals surface area contributed by atoms with Crippen molar-refractivity contribution < 1.29 is 4.74 Å². The topological polar surface area (TPSA) is 65.1 Å². The average molecular weight is 295 g/mol. The molecule has 2 aromatic rings. The van der Waals surface area contributed by atoms with Crippen LogP contribution < -0.4 is 16.0 Å². The summed E-state index contributed by atoms with van der Waals surface area (Å²) in [6.07, 6.45) is 1.70. The number of rotatable bonds is 5. The van der Waals surface area contributed by atoms with Crippen LogP contribution in [0.2, 0.25) is 5.02 Å². The molecule has 0 radical (unpaired) electrons. The van der Waals surface area contributed by atoms with Crippen molar-refractivity contribution in [1.82, 2.24) is 15.2 Å². The molecule has 3 N–H and O–H groups in total. The van der Waals surface area contributed by atoms with Crippen molar-refractivity contribution in [2.75, 3.05) is 7.11 Å². The molecule has 0 fully saturated rings. The standard InChI is InChI=1S/C14H19ClN4O/c1-4-19-14(12(20-3)8-17-19)13(18-16)10-5-6-11(15)9(2)7-10/h5-8,13,18H,4,16H2,1-3H3. The number of hydrogen-bond donors (Lipinski definition) is 2. The largest absolute Gasteiger partial charge is 0.493 e. The molecule has 5 nitrogen and oxygen atoms in total. The Morgan fingerprint density at radius 2 is 2.25 bits per heavy atom. The number of nitrogens with one attached hydrogen (secondary N) is 1. The Morgan fingerprint density at radius 3 is 2.80 bits per heavy atom. The van der Waals surface area contributed by atoms with Crippen LogP contribution in [0.4, 0.5) is 0 Å². The van der Waals surface area contributed by atoms with Crippen LogP contribution >= 0.6 is 11.6 Å². The molecular weight excluding hydrogens is 276 g/mol. The van der Waals surface area contributed by atoms with E-state index in [4.69, 9.17) is 22.2 Å². The van der Waals surface area contributed by atoms with Gasteiger partial charge in [0, 0.05) is 11.6 Å². The highest BCUT2D eigenvalue weighted by atomic mass is 35.5. The zero-order chi connectivity index (χ0) is 14.7. The van der Waals surface area contributed by atoms with Gasteiger partial charge in [-0.15, -0.1) is 0 Å². The highest BCUT2D eigenvalue weighted by Gasteiger charge is 2.22. The number of methoxy groups -OCH3 is 1. The lowest BCUT2D eigenvalue weighted by atomic mass is 10.0. The van der Waals surface area contributed by atoms with E-state index < -0.39 is 0 Å².